The Morgan fingerprint density at radius 3 is 2.85 bits per heavy atom. The number of amides is 1. The molecule has 2 aromatic rings. The fourth-order valence-corrected chi connectivity index (χ4v) is 2.71. The van der Waals surface area contributed by atoms with Gasteiger partial charge in [0, 0.05) is 16.8 Å². The van der Waals surface area contributed by atoms with E-state index in [1.54, 1.807) is 23.6 Å². The Hall–Kier alpha value is -1.51. The van der Waals surface area contributed by atoms with Gasteiger partial charge in [-0.1, -0.05) is 23.9 Å². The predicted octanol–water partition coefficient (Wildman–Crippen LogP) is 3.17. The Bertz CT molecular complexity index is 604. The average molecular weight is 315 g/mol. The van der Waals surface area contributed by atoms with Crippen LogP contribution in [0.3, 0.4) is 0 Å². The second kappa shape index (κ2) is 6.78. The number of anilines is 1. The molecule has 2 rings (SSSR count). The van der Waals surface area contributed by atoms with Crippen molar-refractivity contribution in [3.8, 4) is 0 Å². The number of hydrogen-bond donors (Lipinski definition) is 2. The second-order valence-corrected chi connectivity index (χ2v) is 5.63. The molecule has 0 fully saturated rings. The molecule has 4 nitrogen and oxygen atoms in total. The molecule has 0 unspecified atom stereocenters. The first-order valence-electron chi connectivity index (χ1n) is 5.60. The van der Waals surface area contributed by atoms with Crippen LogP contribution in [-0.2, 0) is 6.54 Å². The van der Waals surface area contributed by atoms with E-state index in [0.717, 1.165) is 0 Å². The Labute approximate surface area is 122 Å². The first kappa shape index (κ1) is 14.9. The summed E-state index contributed by atoms with van der Waals surface area (Å²) in [6.45, 7) is 0.260. The normalized spacial score (nSPS) is 10.8. The van der Waals surface area contributed by atoms with E-state index in [0.29, 0.717) is 27.4 Å². The number of nitrogens with two attached hydrogens (primary N) is 1. The molecule has 3 N–H and O–H groups in total. The zero-order chi connectivity index (χ0) is 14.5. The molecule has 1 aromatic carbocycles. The van der Waals surface area contributed by atoms with Crippen molar-refractivity contribution in [2.24, 2.45) is 5.73 Å². The topological polar surface area (TPSA) is 68.0 Å². The number of benzene rings is 1. The molecule has 20 heavy (non-hydrogen) atoms. The third-order valence-corrected chi connectivity index (χ3v) is 3.97. The highest BCUT2D eigenvalue weighted by atomic mass is 32.2. The molecule has 1 aromatic heterocycles. The molecule has 106 valence electrons. The van der Waals surface area contributed by atoms with Gasteiger partial charge in [0.15, 0.2) is 0 Å². The van der Waals surface area contributed by atoms with Crippen molar-refractivity contribution in [2.45, 2.75) is 17.2 Å². The fraction of sp³-hybridized carbons (Fsp3) is 0.167. The highest BCUT2D eigenvalue weighted by Gasteiger charge is 2.14. The van der Waals surface area contributed by atoms with Gasteiger partial charge in [0.1, 0.15) is 10.7 Å². The number of thiazole rings is 1. The number of para-hydroxylation sites is 1. The Balaban J connectivity index is 2.15. The van der Waals surface area contributed by atoms with Crippen LogP contribution in [-0.4, -0.2) is 16.6 Å². The number of carbonyl (C=O) groups excluding carboxylic acids is 1. The second-order valence-electron chi connectivity index (χ2n) is 3.66. The summed E-state index contributed by atoms with van der Waals surface area (Å²) in [5, 5.41) is 4.81. The maximum absolute atomic E-state index is 12.4. The van der Waals surface area contributed by atoms with Crippen LogP contribution in [0.1, 0.15) is 15.5 Å². The minimum absolute atomic E-state index is 0.229. The van der Waals surface area contributed by atoms with Gasteiger partial charge in [0.05, 0.1) is 5.69 Å². The molecular weight excluding hydrogens is 304 g/mol. The number of nitrogens with one attached hydrogen (secondary N) is 1. The predicted molar refractivity (Wildman–Crippen MR) is 76.3 cm³/mol. The number of hydrogen-bond acceptors (Lipinski definition) is 5. The fourth-order valence-electron chi connectivity index (χ4n) is 1.46. The first-order chi connectivity index (χ1) is 9.60. The molecule has 1 heterocycles. The highest BCUT2D eigenvalue weighted by molar-refractivity contribution is 7.99. The van der Waals surface area contributed by atoms with Gasteiger partial charge in [-0.2, -0.15) is 8.78 Å². The summed E-state index contributed by atoms with van der Waals surface area (Å²) in [4.78, 5) is 16.3. The van der Waals surface area contributed by atoms with Gasteiger partial charge in [-0.3, -0.25) is 4.79 Å². The number of nitrogens with zero attached hydrogens (tertiary/aromatic N) is 1. The molecule has 0 bridgehead atoms. The Kier molecular flexibility index (Phi) is 5.05. The summed E-state index contributed by atoms with van der Waals surface area (Å²) in [7, 11) is 0. The number of halogens is 2. The molecule has 0 aliphatic heterocycles. The smallest absolute Gasteiger partial charge is 0.288 e. The number of aromatic nitrogens is 1. The number of carbonyl (C=O) groups is 1. The lowest BCUT2D eigenvalue weighted by atomic mass is 10.3. The lowest BCUT2D eigenvalue weighted by Crippen LogP contribution is -2.13. The number of rotatable bonds is 5. The van der Waals surface area contributed by atoms with E-state index >= 15 is 0 Å². The van der Waals surface area contributed by atoms with Gasteiger partial charge in [0.25, 0.3) is 11.7 Å². The van der Waals surface area contributed by atoms with Crippen LogP contribution in [0.4, 0.5) is 14.5 Å². The van der Waals surface area contributed by atoms with Crippen LogP contribution in [0.5, 0.6) is 0 Å². The largest absolute Gasteiger partial charge is 0.325 e. The van der Waals surface area contributed by atoms with Gasteiger partial charge >= 0.3 is 0 Å². The van der Waals surface area contributed by atoms with Gasteiger partial charge in [-0.15, -0.1) is 11.3 Å². The first-order valence-corrected chi connectivity index (χ1v) is 7.35. The maximum Gasteiger partial charge on any atom is 0.288 e. The lowest BCUT2D eigenvalue weighted by Gasteiger charge is -2.09. The Morgan fingerprint density at radius 1 is 1.45 bits per heavy atom. The molecule has 0 aliphatic rings. The number of alkyl halides is 2. The zero-order valence-electron chi connectivity index (χ0n) is 10.2. The maximum atomic E-state index is 12.4. The molecular formula is C12H11F2N3OS2. The summed E-state index contributed by atoms with van der Waals surface area (Å²) in [6.07, 6.45) is 0. The summed E-state index contributed by atoms with van der Waals surface area (Å²) in [6, 6.07) is 6.39. The van der Waals surface area contributed by atoms with E-state index in [1.165, 1.54) is 17.4 Å². The molecule has 1 amide bonds. The minimum atomic E-state index is -2.55. The van der Waals surface area contributed by atoms with Crippen LogP contribution >= 0.6 is 23.1 Å². The quantitative estimate of drug-likeness (QED) is 0.832. The van der Waals surface area contributed by atoms with E-state index in [4.69, 9.17) is 5.73 Å². The van der Waals surface area contributed by atoms with Gasteiger partial charge in [-0.25, -0.2) is 4.98 Å². The van der Waals surface area contributed by atoms with Crippen molar-refractivity contribution < 1.29 is 13.6 Å². The van der Waals surface area contributed by atoms with Crippen LogP contribution in [0, 0.1) is 0 Å². The van der Waals surface area contributed by atoms with E-state index in [-0.39, 0.29) is 12.2 Å². The summed E-state index contributed by atoms with van der Waals surface area (Å²) >= 11 is 1.67. The lowest BCUT2D eigenvalue weighted by molar-refractivity contribution is 0.102. The molecule has 8 heteroatoms. The van der Waals surface area contributed by atoms with E-state index < -0.39 is 11.7 Å². The third-order valence-electron chi connectivity index (χ3n) is 2.31. The van der Waals surface area contributed by atoms with Gasteiger partial charge in [-0.05, 0) is 12.1 Å². The van der Waals surface area contributed by atoms with Crippen LogP contribution in [0.15, 0.2) is 34.5 Å². The van der Waals surface area contributed by atoms with Crippen LogP contribution in [0.25, 0.3) is 0 Å². The van der Waals surface area contributed by atoms with E-state index in [9.17, 15) is 13.6 Å². The molecule has 0 radical (unpaired) electrons. The summed E-state index contributed by atoms with van der Waals surface area (Å²) in [5.74, 6) is -2.99. The minimum Gasteiger partial charge on any atom is -0.325 e. The monoisotopic (exact) mass is 315 g/mol. The Morgan fingerprint density at radius 2 is 2.20 bits per heavy atom. The third kappa shape index (κ3) is 3.75. The van der Waals surface area contributed by atoms with Crippen LogP contribution < -0.4 is 11.1 Å². The van der Waals surface area contributed by atoms with Crippen molar-refractivity contribution in [1.82, 2.24) is 4.98 Å². The number of thioether (sulfide) groups is 1. The molecule has 0 saturated heterocycles. The van der Waals surface area contributed by atoms with E-state index in [1.807, 2.05) is 0 Å². The van der Waals surface area contributed by atoms with Crippen molar-refractivity contribution in [3.05, 3.63) is 40.3 Å². The van der Waals surface area contributed by atoms with Gasteiger partial charge < -0.3 is 11.1 Å². The SMILES string of the molecule is NCc1nc(C(=O)Nc2ccccc2SC(F)F)cs1. The molecule has 0 saturated carbocycles. The van der Waals surface area contributed by atoms with E-state index in [2.05, 4.69) is 10.3 Å². The standard InChI is InChI=1S/C12H11F2N3OS2/c13-12(14)20-9-4-2-1-3-7(9)17-11(18)8-6-19-10(5-15)16-8/h1-4,6,12H,5,15H2,(H,17,18). The molecule has 0 aliphatic carbocycles. The van der Waals surface area contributed by atoms with Crippen molar-refractivity contribution in [1.29, 1.82) is 0 Å². The molecule has 0 spiro atoms. The zero-order valence-corrected chi connectivity index (χ0v) is 11.8. The molecule has 0 atom stereocenters. The average Bonchev–Trinajstić information content (AvgIpc) is 2.89. The highest BCUT2D eigenvalue weighted by Crippen LogP contribution is 2.31. The van der Waals surface area contributed by atoms with Crippen LogP contribution in [0.2, 0.25) is 0 Å². The van der Waals surface area contributed by atoms with Crippen molar-refractivity contribution >= 4 is 34.7 Å². The van der Waals surface area contributed by atoms with Crippen molar-refractivity contribution in [3.63, 3.8) is 0 Å². The van der Waals surface area contributed by atoms with Crippen molar-refractivity contribution in [2.75, 3.05) is 5.32 Å². The summed E-state index contributed by atoms with van der Waals surface area (Å²) < 4.78 is 24.9. The van der Waals surface area contributed by atoms with Gasteiger partial charge in [0.2, 0.25) is 0 Å². The summed E-state index contributed by atoms with van der Waals surface area (Å²) in [5.41, 5.74) is 5.99.